The number of amides is 1. The normalized spacial score (nSPS) is 11.7. The molecule has 0 aromatic heterocycles. The third kappa shape index (κ3) is 5.39. The fourth-order valence-electron chi connectivity index (χ4n) is 1.37. The molecule has 104 valence electrons. The SMILES string of the molecule is CCCOc1ccc(NC(=O)C(N)CC(=O)O)cc1. The second-order valence-corrected chi connectivity index (χ2v) is 4.07. The Morgan fingerprint density at radius 1 is 1.37 bits per heavy atom. The summed E-state index contributed by atoms with van der Waals surface area (Å²) in [6.07, 6.45) is 0.520. The van der Waals surface area contributed by atoms with Crippen LogP contribution in [0, 0.1) is 0 Å². The molecular formula is C13H18N2O4. The summed E-state index contributed by atoms with van der Waals surface area (Å²) in [6.45, 7) is 2.65. The zero-order chi connectivity index (χ0) is 14.3. The van der Waals surface area contributed by atoms with Crippen molar-refractivity contribution in [3.63, 3.8) is 0 Å². The molecule has 1 aromatic carbocycles. The van der Waals surface area contributed by atoms with Crippen molar-refractivity contribution >= 4 is 17.6 Å². The highest BCUT2D eigenvalue weighted by Crippen LogP contribution is 2.16. The van der Waals surface area contributed by atoms with E-state index in [1.165, 1.54) is 0 Å². The maximum absolute atomic E-state index is 11.6. The Morgan fingerprint density at radius 2 is 2.00 bits per heavy atom. The van der Waals surface area contributed by atoms with Gasteiger partial charge in [-0.25, -0.2) is 0 Å². The molecule has 0 heterocycles. The second kappa shape index (κ2) is 7.38. The molecular weight excluding hydrogens is 248 g/mol. The van der Waals surface area contributed by atoms with Crippen molar-refractivity contribution in [1.82, 2.24) is 0 Å². The molecule has 1 rings (SSSR count). The van der Waals surface area contributed by atoms with Gasteiger partial charge in [-0.3, -0.25) is 9.59 Å². The average molecular weight is 266 g/mol. The molecule has 0 saturated heterocycles. The van der Waals surface area contributed by atoms with Gasteiger partial charge in [0.2, 0.25) is 5.91 Å². The van der Waals surface area contributed by atoms with Crippen LogP contribution in [0.15, 0.2) is 24.3 Å². The summed E-state index contributed by atoms with van der Waals surface area (Å²) >= 11 is 0. The standard InChI is InChI=1S/C13H18N2O4/c1-2-7-19-10-5-3-9(4-6-10)15-13(18)11(14)8-12(16)17/h3-6,11H,2,7-8,14H2,1H3,(H,15,18)(H,16,17). The van der Waals surface area contributed by atoms with Crippen molar-refractivity contribution in [2.75, 3.05) is 11.9 Å². The quantitative estimate of drug-likeness (QED) is 0.688. The van der Waals surface area contributed by atoms with Crippen LogP contribution < -0.4 is 15.8 Å². The first-order chi connectivity index (χ1) is 9.02. The lowest BCUT2D eigenvalue weighted by Gasteiger charge is -2.11. The molecule has 1 atom stereocenters. The summed E-state index contributed by atoms with van der Waals surface area (Å²) in [6, 6.07) is 5.75. The van der Waals surface area contributed by atoms with E-state index in [1.54, 1.807) is 24.3 Å². The number of aliphatic carboxylic acids is 1. The Hall–Kier alpha value is -2.08. The van der Waals surface area contributed by atoms with Gasteiger partial charge >= 0.3 is 5.97 Å². The third-order valence-corrected chi connectivity index (χ3v) is 2.33. The smallest absolute Gasteiger partial charge is 0.305 e. The predicted octanol–water partition coefficient (Wildman–Crippen LogP) is 1.22. The Morgan fingerprint density at radius 3 is 2.53 bits per heavy atom. The highest BCUT2D eigenvalue weighted by Gasteiger charge is 2.16. The molecule has 0 aliphatic carbocycles. The molecule has 1 aromatic rings. The molecule has 1 unspecified atom stereocenters. The number of nitrogens with two attached hydrogens (primary N) is 1. The summed E-state index contributed by atoms with van der Waals surface area (Å²) < 4.78 is 5.40. The number of carboxylic acids is 1. The second-order valence-electron chi connectivity index (χ2n) is 4.07. The van der Waals surface area contributed by atoms with Crippen LogP contribution in [-0.2, 0) is 9.59 Å². The Kier molecular flexibility index (Phi) is 5.81. The Balaban J connectivity index is 2.52. The Bertz CT molecular complexity index is 431. The minimum absolute atomic E-state index is 0.399. The Labute approximate surface area is 111 Å². The van der Waals surface area contributed by atoms with Crippen LogP contribution in [0.2, 0.25) is 0 Å². The van der Waals surface area contributed by atoms with Crippen LogP contribution in [0.1, 0.15) is 19.8 Å². The van der Waals surface area contributed by atoms with Gasteiger partial charge in [-0.2, -0.15) is 0 Å². The number of carbonyl (C=O) groups excluding carboxylic acids is 1. The van der Waals surface area contributed by atoms with E-state index in [0.717, 1.165) is 12.2 Å². The lowest BCUT2D eigenvalue weighted by molar-refractivity contribution is -0.138. The first-order valence-electron chi connectivity index (χ1n) is 6.04. The summed E-state index contributed by atoms with van der Waals surface area (Å²) in [5.74, 6) is -0.912. The van der Waals surface area contributed by atoms with Gasteiger partial charge in [0.05, 0.1) is 19.1 Å². The van der Waals surface area contributed by atoms with Crippen molar-refractivity contribution in [1.29, 1.82) is 0 Å². The predicted molar refractivity (Wildman–Crippen MR) is 71.1 cm³/mol. The van der Waals surface area contributed by atoms with E-state index in [4.69, 9.17) is 15.6 Å². The number of hydrogen-bond donors (Lipinski definition) is 3. The molecule has 6 heteroatoms. The fraction of sp³-hybridized carbons (Fsp3) is 0.385. The minimum atomic E-state index is -1.11. The number of nitrogens with one attached hydrogen (secondary N) is 1. The number of benzene rings is 1. The zero-order valence-electron chi connectivity index (χ0n) is 10.8. The van der Waals surface area contributed by atoms with Crippen LogP contribution >= 0.6 is 0 Å². The number of rotatable bonds is 7. The van der Waals surface area contributed by atoms with Gasteiger partial charge in [-0.15, -0.1) is 0 Å². The van der Waals surface area contributed by atoms with Gasteiger partial charge in [0.25, 0.3) is 0 Å². The maximum atomic E-state index is 11.6. The fourth-order valence-corrected chi connectivity index (χ4v) is 1.37. The molecule has 4 N–H and O–H groups in total. The molecule has 0 fully saturated rings. The first-order valence-corrected chi connectivity index (χ1v) is 6.04. The first kappa shape index (κ1) is 15.0. The summed E-state index contributed by atoms with van der Waals surface area (Å²) in [7, 11) is 0. The van der Waals surface area contributed by atoms with E-state index in [-0.39, 0.29) is 0 Å². The van der Waals surface area contributed by atoms with Crippen molar-refractivity contribution in [2.24, 2.45) is 5.73 Å². The highest BCUT2D eigenvalue weighted by atomic mass is 16.5. The molecule has 0 aliphatic heterocycles. The summed E-state index contributed by atoms with van der Waals surface area (Å²) in [5, 5.41) is 11.1. The molecule has 19 heavy (non-hydrogen) atoms. The zero-order valence-corrected chi connectivity index (χ0v) is 10.8. The molecule has 0 spiro atoms. The van der Waals surface area contributed by atoms with E-state index in [9.17, 15) is 9.59 Å². The molecule has 0 aliphatic rings. The molecule has 0 radical (unpaired) electrons. The van der Waals surface area contributed by atoms with Gasteiger partial charge in [0.1, 0.15) is 5.75 Å². The number of ether oxygens (including phenoxy) is 1. The highest BCUT2D eigenvalue weighted by molar-refractivity contribution is 5.96. The van der Waals surface area contributed by atoms with Gasteiger partial charge < -0.3 is 20.9 Å². The third-order valence-electron chi connectivity index (χ3n) is 2.33. The van der Waals surface area contributed by atoms with Crippen LogP contribution in [0.5, 0.6) is 5.75 Å². The lowest BCUT2D eigenvalue weighted by atomic mass is 10.2. The van der Waals surface area contributed by atoms with Crippen molar-refractivity contribution < 1.29 is 19.4 Å². The van der Waals surface area contributed by atoms with Crippen LogP contribution in [0.25, 0.3) is 0 Å². The van der Waals surface area contributed by atoms with Crippen LogP contribution in [0.4, 0.5) is 5.69 Å². The minimum Gasteiger partial charge on any atom is -0.494 e. The van der Waals surface area contributed by atoms with Crippen molar-refractivity contribution in [3.05, 3.63) is 24.3 Å². The molecule has 6 nitrogen and oxygen atoms in total. The number of carboxylic acid groups (broad SMARTS) is 1. The van der Waals surface area contributed by atoms with Gasteiger partial charge in [-0.05, 0) is 30.7 Å². The molecule has 0 saturated carbocycles. The summed E-state index contributed by atoms with van der Waals surface area (Å²) in [4.78, 5) is 22.0. The van der Waals surface area contributed by atoms with Gasteiger partial charge in [-0.1, -0.05) is 6.92 Å². The van der Waals surface area contributed by atoms with E-state index in [1.807, 2.05) is 6.92 Å². The largest absolute Gasteiger partial charge is 0.494 e. The van der Waals surface area contributed by atoms with Crippen molar-refractivity contribution in [3.8, 4) is 5.75 Å². The average Bonchev–Trinajstić information content (AvgIpc) is 2.37. The monoisotopic (exact) mass is 266 g/mol. The van der Waals surface area contributed by atoms with Crippen molar-refractivity contribution in [2.45, 2.75) is 25.8 Å². The molecule has 0 bridgehead atoms. The van der Waals surface area contributed by atoms with E-state index < -0.39 is 24.3 Å². The van der Waals surface area contributed by atoms with Gasteiger partial charge in [0.15, 0.2) is 0 Å². The number of anilines is 1. The number of hydrogen-bond acceptors (Lipinski definition) is 4. The number of carbonyl (C=O) groups is 2. The van der Waals surface area contributed by atoms with E-state index >= 15 is 0 Å². The van der Waals surface area contributed by atoms with E-state index in [2.05, 4.69) is 5.32 Å². The lowest BCUT2D eigenvalue weighted by Crippen LogP contribution is -2.37. The summed E-state index contributed by atoms with van der Waals surface area (Å²) in [5.41, 5.74) is 5.99. The maximum Gasteiger partial charge on any atom is 0.305 e. The van der Waals surface area contributed by atoms with Gasteiger partial charge in [0, 0.05) is 5.69 Å². The van der Waals surface area contributed by atoms with E-state index in [0.29, 0.717) is 12.3 Å². The van der Waals surface area contributed by atoms with Crippen LogP contribution in [-0.4, -0.2) is 29.6 Å². The molecule has 1 amide bonds. The topological polar surface area (TPSA) is 102 Å². The van der Waals surface area contributed by atoms with Crippen LogP contribution in [0.3, 0.4) is 0 Å².